The van der Waals surface area contributed by atoms with Gasteiger partial charge in [0.1, 0.15) is 5.75 Å². The average molecular weight is 298 g/mol. The highest BCUT2D eigenvalue weighted by molar-refractivity contribution is 9.10. The molecule has 2 rings (SSSR count). The van der Waals surface area contributed by atoms with Gasteiger partial charge in [-0.2, -0.15) is 0 Å². The summed E-state index contributed by atoms with van der Waals surface area (Å²) in [7, 11) is 1.71. The Morgan fingerprint density at radius 2 is 2.24 bits per heavy atom. The van der Waals surface area contributed by atoms with Gasteiger partial charge in [-0.3, -0.25) is 0 Å². The number of rotatable bonds is 6. The number of nitrogens with one attached hydrogen (secondary N) is 1. The molecule has 1 fully saturated rings. The third-order valence-electron chi connectivity index (χ3n) is 3.15. The van der Waals surface area contributed by atoms with E-state index in [1.165, 1.54) is 22.9 Å². The molecular weight excluding hydrogens is 278 g/mol. The largest absolute Gasteiger partial charge is 0.497 e. The van der Waals surface area contributed by atoms with E-state index < -0.39 is 0 Å². The van der Waals surface area contributed by atoms with E-state index in [0.29, 0.717) is 5.92 Å². The first-order chi connectivity index (χ1) is 8.19. The second-order valence-electron chi connectivity index (χ2n) is 4.95. The second kappa shape index (κ2) is 5.87. The van der Waals surface area contributed by atoms with Gasteiger partial charge in [0.05, 0.1) is 7.11 Å². The van der Waals surface area contributed by atoms with Crippen LogP contribution in [0.15, 0.2) is 22.7 Å². The van der Waals surface area contributed by atoms with Gasteiger partial charge in [0, 0.05) is 10.5 Å². The van der Waals surface area contributed by atoms with Crippen LogP contribution < -0.4 is 10.1 Å². The van der Waals surface area contributed by atoms with Crippen LogP contribution >= 0.6 is 15.9 Å². The molecule has 1 aromatic rings. The molecule has 17 heavy (non-hydrogen) atoms. The number of ether oxygens (including phenoxy) is 1. The molecule has 1 aliphatic carbocycles. The fourth-order valence-electron chi connectivity index (χ4n) is 1.94. The SMILES string of the molecule is COc1ccc(Br)c(CC(C)CNC2CC2)c1. The van der Waals surface area contributed by atoms with Crippen molar-refractivity contribution in [3.05, 3.63) is 28.2 Å². The molecule has 0 spiro atoms. The normalized spacial score (nSPS) is 16.9. The van der Waals surface area contributed by atoms with E-state index in [2.05, 4.69) is 40.3 Å². The maximum Gasteiger partial charge on any atom is 0.119 e. The standard InChI is InChI=1S/C14H20BrNO/c1-10(9-16-12-3-4-12)7-11-8-13(17-2)5-6-14(11)15/h5-6,8,10,12,16H,3-4,7,9H2,1-2H3. The lowest BCUT2D eigenvalue weighted by Crippen LogP contribution is -2.24. The molecule has 1 unspecified atom stereocenters. The predicted octanol–water partition coefficient (Wildman–Crippen LogP) is 3.39. The third-order valence-corrected chi connectivity index (χ3v) is 3.93. The molecular formula is C14H20BrNO. The van der Waals surface area contributed by atoms with E-state index in [1.54, 1.807) is 7.11 Å². The fraction of sp³-hybridized carbons (Fsp3) is 0.571. The van der Waals surface area contributed by atoms with Gasteiger partial charge in [0.2, 0.25) is 0 Å². The van der Waals surface area contributed by atoms with Gasteiger partial charge in [-0.25, -0.2) is 0 Å². The van der Waals surface area contributed by atoms with Gasteiger partial charge in [-0.05, 0) is 55.5 Å². The zero-order chi connectivity index (χ0) is 12.3. The summed E-state index contributed by atoms with van der Waals surface area (Å²) in [6, 6.07) is 6.97. The molecule has 0 aliphatic heterocycles. The highest BCUT2D eigenvalue weighted by Crippen LogP contribution is 2.25. The van der Waals surface area contributed by atoms with Crippen LogP contribution in [0.5, 0.6) is 5.75 Å². The molecule has 0 bridgehead atoms. The molecule has 1 saturated carbocycles. The van der Waals surface area contributed by atoms with Gasteiger partial charge in [-0.15, -0.1) is 0 Å². The molecule has 0 amide bonds. The topological polar surface area (TPSA) is 21.3 Å². The molecule has 1 aromatic carbocycles. The summed E-state index contributed by atoms with van der Waals surface area (Å²) in [4.78, 5) is 0. The van der Waals surface area contributed by atoms with E-state index in [0.717, 1.165) is 24.8 Å². The Hall–Kier alpha value is -0.540. The van der Waals surface area contributed by atoms with Crippen molar-refractivity contribution in [3.63, 3.8) is 0 Å². The molecule has 0 aromatic heterocycles. The van der Waals surface area contributed by atoms with Crippen LogP contribution in [0.25, 0.3) is 0 Å². The van der Waals surface area contributed by atoms with E-state index >= 15 is 0 Å². The first-order valence-corrected chi connectivity index (χ1v) is 7.04. The average Bonchev–Trinajstić information content (AvgIpc) is 3.13. The Morgan fingerprint density at radius 3 is 2.88 bits per heavy atom. The monoisotopic (exact) mass is 297 g/mol. The summed E-state index contributed by atoms with van der Waals surface area (Å²) in [6.07, 6.45) is 3.79. The quantitative estimate of drug-likeness (QED) is 0.869. The first-order valence-electron chi connectivity index (χ1n) is 6.25. The maximum atomic E-state index is 5.26. The van der Waals surface area contributed by atoms with Gasteiger partial charge >= 0.3 is 0 Å². The van der Waals surface area contributed by atoms with Crippen LogP contribution in [-0.4, -0.2) is 19.7 Å². The van der Waals surface area contributed by atoms with Crippen LogP contribution in [-0.2, 0) is 6.42 Å². The lowest BCUT2D eigenvalue weighted by atomic mass is 10.0. The van der Waals surface area contributed by atoms with Gasteiger partial charge in [0.15, 0.2) is 0 Å². The number of benzene rings is 1. The highest BCUT2D eigenvalue weighted by Gasteiger charge is 2.21. The lowest BCUT2D eigenvalue weighted by molar-refractivity contribution is 0.413. The molecule has 0 saturated heterocycles. The molecule has 0 heterocycles. The minimum absolute atomic E-state index is 0.652. The molecule has 2 nitrogen and oxygen atoms in total. The zero-order valence-corrected chi connectivity index (χ0v) is 12.1. The van der Waals surface area contributed by atoms with Gasteiger partial charge in [0.25, 0.3) is 0 Å². The van der Waals surface area contributed by atoms with Crippen molar-refractivity contribution in [2.24, 2.45) is 5.92 Å². The van der Waals surface area contributed by atoms with Crippen molar-refractivity contribution in [1.82, 2.24) is 5.32 Å². The molecule has 94 valence electrons. The Kier molecular flexibility index (Phi) is 4.46. The minimum Gasteiger partial charge on any atom is -0.497 e. The molecule has 3 heteroatoms. The summed E-state index contributed by atoms with van der Waals surface area (Å²) in [5.41, 5.74) is 1.33. The van der Waals surface area contributed by atoms with Gasteiger partial charge < -0.3 is 10.1 Å². The molecule has 0 radical (unpaired) electrons. The van der Waals surface area contributed by atoms with Crippen LogP contribution in [0.1, 0.15) is 25.3 Å². The molecule has 1 aliphatic rings. The zero-order valence-electron chi connectivity index (χ0n) is 10.5. The number of hydrogen-bond donors (Lipinski definition) is 1. The van der Waals surface area contributed by atoms with Crippen LogP contribution in [0.2, 0.25) is 0 Å². The first kappa shape index (κ1) is 12.9. The van der Waals surface area contributed by atoms with Crippen molar-refractivity contribution >= 4 is 15.9 Å². The van der Waals surface area contributed by atoms with Crippen molar-refractivity contribution < 1.29 is 4.74 Å². The summed E-state index contributed by atoms with van der Waals surface area (Å²) >= 11 is 3.60. The summed E-state index contributed by atoms with van der Waals surface area (Å²) < 4.78 is 6.44. The fourth-order valence-corrected chi connectivity index (χ4v) is 2.35. The minimum atomic E-state index is 0.652. The van der Waals surface area contributed by atoms with E-state index in [9.17, 15) is 0 Å². The predicted molar refractivity (Wildman–Crippen MR) is 74.6 cm³/mol. The summed E-state index contributed by atoms with van der Waals surface area (Å²) in [6.45, 7) is 3.40. The Morgan fingerprint density at radius 1 is 1.47 bits per heavy atom. The molecule has 1 N–H and O–H groups in total. The third kappa shape index (κ3) is 4.00. The van der Waals surface area contributed by atoms with Crippen LogP contribution in [0, 0.1) is 5.92 Å². The number of hydrogen-bond acceptors (Lipinski definition) is 2. The van der Waals surface area contributed by atoms with Crippen LogP contribution in [0.3, 0.4) is 0 Å². The summed E-state index contributed by atoms with van der Waals surface area (Å²) in [5.74, 6) is 1.59. The lowest BCUT2D eigenvalue weighted by Gasteiger charge is -2.14. The van der Waals surface area contributed by atoms with Crippen molar-refractivity contribution in [2.45, 2.75) is 32.2 Å². The number of methoxy groups -OCH3 is 1. The van der Waals surface area contributed by atoms with Crippen molar-refractivity contribution in [1.29, 1.82) is 0 Å². The van der Waals surface area contributed by atoms with E-state index in [-0.39, 0.29) is 0 Å². The Bertz CT molecular complexity index is 376. The highest BCUT2D eigenvalue weighted by atomic mass is 79.9. The van der Waals surface area contributed by atoms with Crippen molar-refractivity contribution in [2.75, 3.05) is 13.7 Å². The Labute approximate surface area is 112 Å². The van der Waals surface area contributed by atoms with Crippen molar-refractivity contribution in [3.8, 4) is 5.75 Å². The number of halogens is 1. The molecule has 1 atom stereocenters. The van der Waals surface area contributed by atoms with E-state index in [1.807, 2.05) is 6.07 Å². The van der Waals surface area contributed by atoms with Crippen LogP contribution in [0.4, 0.5) is 0 Å². The summed E-state index contributed by atoms with van der Waals surface area (Å²) in [5, 5.41) is 3.58. The Balaban J connectivity index is 1.90. The van der Waals surface area contributed by atoms with E-state index in [4.69, 9.17) is 4.74 Å². The smallest absolute Gasteiger partial charge is 0.119 e. The van der Waals surface area contributed by atoms with Gasteiger partial charge in [-0.1, -0.05) is 22.9 Å². The maximum absolute atomic E-state index is 5.26. The second-order valence-corrected chi connectivity index (χ2v) is 5.80.